The minimum atomic E-state index is -4.25. The van der Waals surface area contributed by atoms with E-state index in [0.29, 0.717) is 32.0 Å². The first-order chi connectivity index (χ1) is 17.3. The maximum Gasteiger partial charge on any atom is 0.273 e. The van der Waals surface area contributed by atoms with E-state index in [1.807, 2.05) is 0 Å². The van der Waals surface area contributed by atoms with E-state index in [9.17, 15) is 22.9 Å². The molecule has 11 nitrogen and oxygen atoms in total. The van der Waals surface area contributed by atoms with E-state index in [1.165, 1.54) is 0 Å². The predicted octanol–water partition coefficient (Wildman–Crippen LogP) is 1.66. The standard InChI is InChI=1S/C23H31FN2O9S/c24-22-17-20(26(28)29)18-23(21(22)16-19-4-2-1-3-5-19)36(30,31)25-6-8-32-10-12-34-14-15-35-13-11-33-9-7-27/h1-5,17-18,25,27H,6-16H2. The van der Waals surface area contributed by atoms with Gasteiger partial charge in [-0.3, -0.25) is 10.1 Å². The summed E-state index contributed by atoms with van der Waals surface area (Å²) < 4.78 is 63.7. The van der Waals surface area contributed by atoms with Crippen molar-refractivity contribution < 1.29 is 41.8 Å². The summed E-state index contributed by atoms with van der Waals surface area (Å²) in [5.41, 5.74) is -0.152. The van der Waals surface area contributed by atoms with Gasteiger partial charge < -0.3 is 24.1 Å². The van der Waals surface area contributed by atoms with Crippen LogP contribution in [0.15, 0.2) is 47.4 Å². The molecular weight excluding hydrogens is 499 g/mol. The largest absolute Gasteiger partial charge is 0.394 e. The predicted molar refractivity (Wildman–Crippen MR) is 128 cm³/mol. The molecule has 0 amide bonds. The van der Waals surface area contributed by atoms with Gasteiger partial charge in [0.15, 0.2) is 0 Å². The fourth-order valence-corrected chi connectivity index (χ4v) is 4.34. The maximum atomic E-state index is 14.7. The SMILES string of the molecule is O=[N+]([O-])c1cc(F)c(Cc2ccccc2)c(S(=O)(=O)NCCOCCOCCOCCOCCO)c1. The van der Waals surface area contributed by atoms with E-state index >= 15 is 0 Å². The van der Waals surface area contributed by atoms with Gasteiger partial charge in [-0.2, -0.15) is 0 Å². The third kappa shape index (κ3) is 10.6. The molecule has 2 N–H and O–H groups in total. The molecule has 0 aliphatic rings. The van der Waals surface area contributed by atoms with Gasteiger partial charge in [-0.1, -0.05) is 30.3 Å². The van der Waals surface area contributed by atoms with Gasteiger partial charge in [-0.25, -0.2) is 17.5 Å². The number of nitrogens with one attached hydrogen (secondary N) is 1. The van der Waals surface area contributed by atoms with Crippen LogP contribution in [0.2, 0.25) is 0 Å². The molecule has 0 atom stereocenters. The second kappa shape index (κ2) is 16.3. The van der Waals surface area contributed by atoms with Crippen LogP contribution in [-0.2, 0) is 35.4 Å². The summed E-state index contributed by atoms with van der Waals surface area (Å²) >= 11 is 0. The Morgan fingerprint density at radius 2 is 1.44 bits per heavy atom. The summed E-state index contributed by atoms with van der Waals surface area (Å²) in [5.74, 6) is -0.969. The molecule has 200 valence electrons. The van der Waals surface area contributed by atoms with Crippen LogP contribution in [0.4, 0.5) is 10.1 Å². The first-order valence-corrected chi connectivity index (χ1v) is 12.8. The van der Waals surface area contributed by atoms with Crippen LogP contribution in [0.5, 0.6) is 0 Å². The Kier molecular flexibility index (Phi) is 13.4. The Balaban J connectivity index is 1.80. The number of benzene rings is 2. The Morgan fingerprint density at radius 1 is 0.889 bits per heavy atom. The van der Waals surface area contributed by atoms with Crippen molar-refractivity contribution in [2.45, 2.75) is 11.3 Å². The molecule has 36 heavy (non-hydrogen) atoms. The van der Waals surface area contributed by atoms with Gasteiger partial charge in [-0.15, -0.1) is 0 Å². The molecule has 0 radical (unpaired) electrons. The number of nitrogens with zero attached hydrogens (tertiary/aromatic N) is 1. The van der Waals surface area contributed by atoms with Crippen molar-refractivity contribution in [1.29, 1.82) is 0 Å². The van der Waals surface area contributed by atoms with E-state index in [1.54, 1.807) is 30.3 Å². The number of non-ortho nitro benzene ring substituents is 1. The molecule has 0 unspecified atom stereocenters. The van der Waals surface area contributed by atoms with E-state index < -0.39 is 31.3 Å². The molecule has 0 aliphatic carbocycles. The number of ether oxygens (including phenoxy) is 4. The van der Waals surface area contributed by atoms with Crippen molar-refractivity contribution in [3.05, 3.63) is 69.5 Å². The third-order valence-electron chi connectivity index (χ3n) is 4.75. The summed E-state index contributed by atoms with van der Waals surface area (Å²) in [6.07, 6.45) is -0.0475. The molecule has 2 aromatic rings. The Bertz CT molecular complexity index is 1040. The summed E-state index contributed by atoms with van der Waals surface area (Å²) in [6.45, 7) is 2.11. The van der Waals surface area contributed by atoms with Gasteiger partial charge in [-0.05, 0) is 5.56 Å². The van der Waals surface area contributed by atoms with Crippen molar-refractivity contribution in [2.75, 3.05) is 66.0 Å². The zero-order chi connectivity index (χ0) is 26.2. The molecule has 0 aromatic heterocycles. The minimum Gasteiger partial charge on any atom is -0.394 e. The second-order valence-electron chi connectivity index (χ2n) is 7.39. The monoisotopic (exact) mass is 530 g/mol. The fourth-order valence-electron chi connectivity index (χ4n) is 3.07. The molecule has 0 saturated carbocycles. The maximum absolute atomic E-state index is 14.7. The number of hydrogen-bond acceptors (Lipinski definition) is 9. The lowest BCUT2D eigenvalue weighted by Gasteiger charge is -2.13. The highest BCUT2D eigenvalue weighted by Gasteiger charge is 2.25. The molecule has 0 saturated heterocycles. The van der Waals surface area contributed by atoms with Crippen LogP contribution in [0, 0.1) is 15.9 Å². The number of aliphatic hydroxyl groups is 1. The van der Waals surface area contributed by atoms with Crippen molar-refractivity contribution in [3.63, 3.8) is 0 Å². The number of sulfonamides is 1. The summed E-state index contributed by atoms with van der Waals surface area (Å²) in [5, 5.41) is 19.7. The summed E-state index contributed by atoms with van der Waals surface area (Å²) in [7, 11) is -4.25. The van der Waals surface area contributed by atoms with E-state index in [2.05, 4.69) is 4.72 Å². The molecule has 0 spiro atoms. The van der Waals surface area contributed by atoms with Gasteiger partial charge in [0.25, 0.3) is 5.69 Å². The van der Waals surface area contributed by atoms with Crippen molar-refractivity contribution in [2.24, 2.45) is 0 Å². The van der Waals surface area contributed by atoms with Crippen LogP contribution >= 0.6 is 0 Å². The molecule has 0 aliphatic heterocycles. The summed E-state index contributed by atoms with van der Waals surface area (Å²) in [6, 6.07) is 10.2. The Hall–Kier alpha value is -2.52. The lowest BCUT2D eigenvalue weighted by atomic mass is 10.0. The normalized spacial score (nSPS) is 11.6. The molecule has 2 rings (SSSR count). The third-order valence-corrected chi connectivity index (χ3v) is 6.28. The van der Waals surface area contributed by atoms with Gasteiger partial charge in [0, 0.05) is 24.6 Å². The Morgan fingerprint density at radius 3 is 2.00 bits per heavy atom. The first kappa shape index (κ1) is 29.7. The average molecular weight is 531 g/mol. The number of halogens is 1. The first-order valence-electron chi connectivity index (χ1n) is 11.3. The minimum absolute atomic E-state index is 0.0205. The van der Waals surface area contributed by atoms with Crippen LogP contribution < -0.4 is 4.72 Å². The van der Waals surface area contributed by atoms with Gasteiger partial charge >= 0.3 is 0 Å². The molecule has 0 bridgehead atoms. The van der Waals surface area contributed by atoms with Gasteiger partial charge in [0.2, 0.25) is 10.0 Å². The highest BCUT2D eigenvalue weighted by atomic mass is 32.2. The van der Waals surface area contributed by atoms with Crippen LogP contribution in [0.25, 0.3) is 0 Å². The van der Waals surface area contributed by atoms with E-state index in [0.717, 1.165) is 12.1 Å². The fraction of sp³-hybridized carbons (Fsp3) is 0.478. The van der Waals surface area contributed by atoms with Gasteiger partial charge in [0.05, 0.1) is 75.3 Å². The van der Waals surface area contributed by atoms with Crippen molar-refractivity contribution >= 4 is 15.7 Å². The molecule has 0 heterocycles. The zero-order valence-corrected chi connectivity index (χ0v) is 20.6. The molecular formula is C23H31FN2O9S. The van der Waals surface area contributed by atoms with Crippen LogP contribution in [-0.4, -0.2) is 84.5 Å². The highest BCUT2D eigenvalue weighted by Crippen LogP contribution is 2.27. The lowest BCUT2D eigenvalue weighted by Crippen LogP contribution is -2.29. The highest BCUT2D eigenvalue weighted by molar-refractivity contribution is 7.89. The van der Waals surface area contributed by atoms with Crippen molar-refractivity contribution in [3.8, 4) is 0 Å². The topological polar surface area (TPSA) is 146 Å². The second-order valence-corrected chi connectivity index (χ2v) is 9.13. The molecule has 13 heteroatoms. The quantitative estimate of drug-likeness (QED) is 0.157. The van der Waals surface area contributed by atoms with Gasteiger partial charge in [0.1, 0.15) is 5.82 Å². The van der Waals surface area contributed by atoms with Crippen LogP contribution in [0.3, 0.4) is 0 Å². The van der Waals surface area contributed by atoms with Crippen LogP contribution in [0.1, 0.15) is 11.1 Å². The number of hydrogen-bond donors (Lipinski definition) is 2. The number of rotatable bonds is 19. The molecule has 2 aromatic carbocycles. The average Bonchev–Trinajstić information content (AvgIpc) is 2.85. The number of nitro benzene ring substituents is 1. The lowest BCUT2D eigenvalue weighted by molar-refractivity contribution is -0.385. The van der Waals surface area contributed by atoms with Crippen molar-refractivity contribution in [1.82, 2.24) is 4.72 Å². The Labute approximate surface area is 209 Å². The smallest absolute Gasteiger partial charge is 0.273 e. The zero-order valence-electron chi connectivity index (χ0n) is 19.8. The number of nitro groups is 1. The molecule has 0 fully saturated rings. The summed E-state index contributed by atoms with van der Waals surface area (Å²) in [4.78, 5) is 9.85. The number of aliphatic hydroxyl groups excluding tert-OH is 1. The van der Waals surface area contributed by atoms with E-state index in [4.69, 9.17) is 24.1 Å². The van der Waals surface area contributed by atoms with E-state index in [-0.39, 0.29) is 51.6 Å².